The van der Waals surface area contributed by atoms with Crippen molar-refractivity contribution in [3.63, 3.8) is 0 Å². The fourth-order valence-electron chi connectivity index (χ4n) is 2.08. The van der Waals surface area contributed by atoms with E-state index >= 15 is 0 Å². The number of carbonyl (C=O) groups is 2. The molecule has 0 fully saturated rings. The van der Waals surface area contributed by atoms with Crippen LogP contribution in [-0.2, 0) is 16.1 Å². The third-order valence-electron chi connectivity index (χ3n) is 3.31. The zero-order chi connectivity index (χ0) is 15.9. The lowest BCUT2D eigenvalue weighted by atomic mass is 10.0. The Balaban J connectivity index is 2.09. The van der Waals surface area contributed by atoms with Crippen LogP contribution in [0, 0.1) is 0 Å². The van der Waals surface area contributed by atoms with E-state index in [1.54, 1.807) is 31.2 Å². The quantitative estimate of drug-likeness (QED) is 0.607. The highest BCUT2D eigenvalue weighted by Crippen LogP contribution is 2.15. The molecule has 114 valence electrons. The molecule has 0 aromatic heterocycles. The fourth-order valence-corrected chi connectivity index (χ4v) is 2.08. The van der Waals surface area contributed by atoms with Gasteiger partial charge in [-0.2, -0.15) is 0 Å². The first-order chi connectivity index (χ1) is 10.6. The van der Waals surface area contributed by atoms with Gasteiger partial charge in [-0.25, -0.2) is 4.79 Å². The van der Waals surface area contributed by atoms with Crippen molar-refractivity contribution in [2.45, 2.75) is 19.6 Å². The second-order valence-corrected chi connectivity index (χ2v) is 4.84. The zero-order valence-corrected chi connectivity index (χ0v) is 12.6. The summed E-state index contributed by atoms with van der Waals surface area (Å²) in [5.74, 6) is -0.767. The summed E-state index contributed by atoms with van der Waals surface area (Å²) in [4.78, 5) is 24.2. The summed E-state index contributed by atoms with van der Waals surface area (Å²) in [6, 6.07) is 16.2. The summed E-state index contributed by atoms with van der Waals surface area (Å²) >= 11 is 0. The van der Waals surface area contributed by atoms with Crippen LogP contribution < -0.4 is 0 Å². The SMILES string of the molecule is COC(=O)c1ccccc1C(=O)C(C)OCc1ccccc1. The first kappa shape index (κ1) is 15.9. The van der Waals surface area contributed by atoms with Crippen molar-refractivity contribution in [2.24, 2.45) is 0 Å². The van der Waals surface area contributed by atoms with Gasteiger partial charge in [-0.1, -0.05) is 48.5 Å². The van der Waals surface area contributed by atoms with E-state index in [0.29, 0.717) is 12.2 Å². The topological polar surface area (TPSA) is 52.6 Å². The number of benzene rings is 2. The summed E-state index contributed by atoms with van der Waals surface area (Å²) in [6.07, 6.45) is -0.647. The van der Waals surface area contributed by atoms with E-state index in [9.17, 15) is 9.59 Å². The molecule has 0 radical (unpaired) electrons. The van der Waals surface area contributed by atoms with Crippen molar-refractivity contribution in [3.05, 3.63) is 71.3 Å². The summed E-state index contributed by atoms with van der Waals surface area (Å²) in [5, 5.41) is 0. The van der Waals surface area contributed by atoms with Crippen LogP contribution in [0.5, 0.6) is 0 Å². The van der Waals surface area contributed by atoms with E-state index in [4.69, 9.17) is 9.47 Å². The summed E-state index contributed by atoms with van der Waals surface area (Å²) in [5.41, 5.74) is 1.56. The molecule has 0 bridgehead atoms. The van der Waals surface area contributed by atoms with Gasteiger partial charge in [0.15, 0.2) is 5.78 Å². The number of ether oxygens (including phenoxy) is 2. The summed E-state index contributed by atoms with van der Waals surface area (Å²) in [7, 11) is 1.29. The van der Waals surface area contributed by atoms with Crippen LogP contribution >= 0.6 is 0 Å². The number of Topliss-reactive ketones (excluding diaryl/α,β-unsaturated/α-hetero) is 1. The van der Waals surface area contributed by atoms with E-state index < -0.39 is 12.1 Å². The number of rotatable bonds is 6. The average Bonchev–Trinajstić information content (AvgIpc) is 2.59. The highest BCUT2D eigenvalue weighted by Gasteiger charge is 2.22. The van der Waals surface area contributed by atoms with Crippen molar-refractivity contribution >= 4 is 11.8 Å². The highest BCUT2D eigenvalue weighted by molar-refractivity contribution is 6.08. The van der Waals surface area contributed by atoms with Gasteiger partial charge in [0.05, 0.1) is 19.3 Å². The van der Waals surface area contributed by atoms with Crippen molar-refractivity contribution < 1.29 is 19.1 Å². The minimum absolute atomic E-state index is 0.239. The Kier molecular flexibility index (Phi) is 5.44. The molecule has 0 amide bonds. The van der Waals surface area contributed by atoms with Gasteiger partial charge in [-0.3, -0.25) is 4.79 Å². The molecule has 4 nitrogen and oxygen atoms in total. The van der Waals surface area contributed by atoms with Crippen molar-refractivity contribution in [1.82, 2.24) is 0 Å². The maximum absolute atomic E-state index is 12.5. The van der Waals surface area contributed by atoms with Crippen molar-refractivity contribution in [1.29, 1.82) is 0 Å². The summed E-state index contributed by atoms with van der Waals surface area (Å²) < 4.78 is 10.3. The lowest BCUT2D eigenvalue weighted by Crippen LogP contribution is -2.23. The van der Waals surface area contributed by atoms with E-state index in [-0.39, 0.29) is 11.3 Å². The molecule has 0 saturated carbocycles. The van der Waals surface area contributed by atoms with Crippen LogP contribution in [0.15, 0.2) is 54.6 Å². The molecule has 2 aromatic rings. The maximum Gasteiger partial charge on any atom is 0.338 e. The molecule has 4 heteroatoms. The Morgan fingerprint density at radius 1 is 0.955 bits per heavy atom. The smallest absolute Gasteiger partial charge is 0.338 e. The lowest BCUT2D eigenvalue weighted by molar-refractivity contribution is 0.0406. The van der Waals surface area contributed by atoms with Gasteiger partial charge < -0.3 is 9.47 Å². The highest BCUT2D eigenvalue weighted by atomic mass is 16.5. The second kappa shape index (κ2) is 7.52. The number of hydrogen-bond acceptors (Lipinski definition) is 4. The molecule has 2 rings (SSSR count). The fraction of sp³-hybridized carbons (Fsp3) is 0.222. The molecule has 0 N–H and O–H groups in total. The van der Waals surface area contributed by atoms with Gasteiger partial charge in [0.2, 0.25) is 0 Å². The summed E-state index contributed by atoms with van der Waals surface area (Å²) in [6.45, 7) is 2.02. The third kappa shape index (κ3) is 3.80. The predicted octanol–water partition coefficient (Wildman–Crippen LogP) is 3.26. The maximum atomic E-state index is 12.5. The molecule has 2 aromatic carbocycles. The number of esters is 1. The van der Waals surface area contributed by atoms with Crippen molar-refractivity contribution in [2.75, 3.05) is 7.11 Å². The Morgan fingerprint density at radius 2 is 1.55 bits per heavy atom. The van der Waals surface area contributed by atoms with Gasteiger partial charge in [0.25, 0.3) is 0 Å². The number of methoxy groups -OCH3 is 1. The number of hydrogen-bond donors (Lipinski definition) is 0. The van der Waals surface area contributed by atoms with E-state index in [1.165, 1.54) is 7.11 Å². The van der Waals surface area contributed by atoms with Gasteiger partial charge in [-0.15, -0.1) is 0 Å². The van der Waals surface area contributed by atoms with E-state index in [1.807, 2.05) is 30.3 Å². The first-order valence-corrected chi connectivity index (χ1v) is 7.00. The first-order valence-electron chi connectivity index (χ1n) is 7.00. The molecule has 1 atom stereocenters. The molecule has 0 aliphatic heterocycles. The second-order valence-electron chi connectivity index (χ2n) is 4.84. The van der Waals surface area contributed by atoms with E-state index in [0.717, 1.165) is 5.56 Å². The number of ketones is 1. The molecule has 0 heterocycles. The minimum Gasteiger partial charge on any atom is -0.465 e. The normalized spacial score (nSPS) is 11.7. The van der Waals surface area contributed by atoms with E-state index in [2.05, 4.69) is 0 Å². The van der Waals surface area contributed by atoms with Gasteiger partial charge in [0, 0.05) is 5.56 Å². The van der Waals surface area contributed by atoms with Gasteiger partial charge >= 0.3 is 5.97 Å². The largest absolute Gasteiger partial charge is 0.465 e. The van der Waals surface area contributed by atoms with Gasteiger partial charge in [-0.05, 0) is 18.6 Å². The third-order valence-corrected chi connectivity index (χ3v) is 3.31. The monoisotopic (exact) mass is 298 g/mol. The molecule has 22 heavy (non-hydrogen) atoms. The Morgan fingerprint density at radius 3 is 2.18 bits per heavy atom. The zero-order valence-electron chi connectivity index (χ0n) is 12.6. The van der Waals surface area contributed by atoms with Crippen LogP contribution in [-0.4, -0.2) is 25.0 Å². The molecule has 0 aliphatic rings. The molecule has 1 unspecified atom stereocenters. The molecular formula is C18H18O4. The van der Waals surface area contributed by atoms with Crippen LogP contribution in [0.1, 0.15) is 33.2 Å². The molecular weight excluding hydrogens is 280 g/mol. The van der Waals surface area contributed by atoms with Crippen LogP contribution in [0.25, 0.3) is 0 Å². The standard InChI is InChI=1S/C18H18O4/c1-13(22-12-14-8-4-3-5-9-14)17(19)15-10-6-7-11-16(15)18(20)21-2/h3-11,13H,12H2,1-2H3. The minimum atomic E-state index is -0.647. The Labute approximate surface area is 129 Å². The average molecular weight is 298 g/mol. The van der Waals surface area contributed by atoms with Crippen molar-refractivity contribution in [3.8, 4) is 0 Å². The predicted molar refractivity (Wildman–Crippen MR) is 82.8 cm³/mol. The number of carbonyl (C=O) groups excluding carboxylic acids is 2. The molecule has 0 spiro atoms. The Bertz CT molecular complexity index is 649. The molecule has 0 saturated heterocycles. The Hall–Kier alpha value is -2.46. The lowest BCUT2D eigenvalue weighted by Gasteiger charge is -2.14. The van der Waals surface area contributed by atoms with Crippen LogP contribution in [0.3, 0.4) is 0 Å². The van der Waals surface area contributed by atoms with Gasteiger partial charge in [0.1, 0.15) is 6.10 Å². The molecule has 0 aliphatic carbocycles. The van der Waals surface area contributed by atoms with Crippen LogP contribution in [0.4, 0.5) is 0 Å². The van der Waals surface area contributed by atoms with Crippen LogP contribution in [0.2, 0.25) is 0 Å².